The highest BCUT2D eigenvalue weighted by Crippen LogP contribution is 2.31. The summed E-state index contributed by atoms with van der Waals surface area (Å²) in [5, 5.41) is 6.32. The molecule has 1 aromatic carbocycles. The molecule has 0 unspecified atom stereocenters. The van der Waals surface area contributed by atoms with Crippen LogP contribution in [-0.2, 0) is 14.8 Å². The maximum atomic E-state index is 12.5. The molecule has 8 nitrogen and oxygen atoms in total. The molecular formula is C14H15N3O5S. The fourth-order valence-electron chi connectivity index (χ4n) is 2.35. The van der Waals surface area contributed by atoms with Crippen molar-refractivity contribution in [2.24, 2.45) is 0 Å². The molecule has 1 amide bonds. The summed E-state index contributed by atoms with van der Waals surface area (Å²) in [5.41, 5.74) is 1.00. The molecule has 0 fully saturated rings. The zero-order valence-electron chi connectivity index (χ0n) is 12.5. The van der Waals surface area contributed by atoms with E-state index in [0.717, 1.165) is 0 Å². The second kappa shape index (κ2) is 5.58. The van der Waals surface area contributed by atoms with Crippen LogP contribution in [0.25, 0.3) is 0 Å². The molecule has 122 valence electrons. The Morgan fingerprint density at radius 3 is 2.78 bits per heavy atom. The third-order valence-corrected chi connectivity index (χ3v) is 4.95. The van der Waals surface area contributed by atoms with Crippen LogP contribution in [0.3, 0.4) is 0 Å². The minimum Gasteiger partial charge on any atom is -0.491 e. The van der Waals surface area contributed by atoms with Gasteiger partial charge >= 0.3 is 0 Å². The Bertz CT molecular complexity index is 853. The van der Waals surface area contributed by atoms with Gasteiger partial charge in [0.05, 0.1) is 24.4 Å². The van der Waals surface area contributed by atoms with Crippen molar-refractivity contribution in [3.8, 4) is 5.75 Å². The standard InChI is InChI=1S/C14H15N3O5S/c1-8-14(9(2)22-16-8)23(19,20)17-10-3-4-12-11(7-10)15-13(18)5-6-21-12/h3-4,7,17H,5-6H2,1-2H3,(H,15,18). The third kappa shape index (κ3) is 3.00. The summed E-state index contributed by atoms with van der Waals surface area (Å²) in [5.74, 6) is 0.520. The fraction of sp³-hybridized carbons (Fsp3) is 0.286. The SMILES string of the molecule is Cc1noc(C)c1S(=O)(=O)Nc1ccc2c(c1)NC(=O)CCO2. The predicted octanol–water partition coefficient (Wildman–Crippen LogP) is 1.81. The molecule has 2 aromatic rings. The molecule has 0 saturated heterocycles. The lowest BCUT2D eigenvalue weighted by molar-refractivity contribution is -0.116. The van der Waals surface area contributed by atoms with Crippen LogP contribution in [0.4, 0.5) is 11.4 Å². The Kier molecular flexibility index (Phi) is 3.72. The quantitative estimate of drug-likeness (QED) is 0.884. The maximum Gasteiger partial charge on any atom is 0.267 e. The van der Waals surface area contributed by atoms with Crippen LogP contribution >= 0.6 is 0 Å². The number of aryl methyl sites for hydroxylation is 2. The Morgan fingerprint density at radius 2 is 2.09 bits per heavy atom. The molecule has 23 heavy (non-hydrogen) atoms. The largest absolute Gasteiger partial charge is 0.491 e. The van der Waals surface area contributed by atoms with Crippen molar-refractivity contribution in [1.82, 2.24) is 5.16 Å². The first-order valence-corrected chi connectivity index (χ1v) is 8.37. The monoisotopic (exact) mass is 337 g/mol. The highest BCUT2D eigenvalue weighted by molar-refractivity contribution is 7.92. The van der Waals surface area contributed by atoms with Gasteiger partial charge in [-0.05, 0) is 32.0 Å². The first kappa shape index (κ1) is 15.3. The zero-order valence-corrected chi connectivity index (χ0v) is 13.4. The van der Waals surface area contributed by atoms with Gasteiger partial charge in [0.15, 0.2) is 10.7 Å². The van der Waals surface area contributed by atoms with Gasteiger partial charge in [0, 0.05) is 0 Å². The van der Waals surface area contributed by atoms with Crippen LogP contribution < -0.4 is 14.8 Å². The number of rotatable bonds is 3. The van der Waals surface area contributed by atoms with Gasteiger partial charge in [-0.2, -0.15) is 0 Å². The van der Waals surface area contributed by atoms with Crippen LogP contribution in [0.5, 0.6) is 5.75 Å². The van der Waals surface area contributed by atoms with Gasteiger partial charge in [0.1, 0.15) is 11.4 Å². The maximum absolute atomic E-state index is 12.5. The van der Waals surface area contributed by atoms with Crippen molar-refractivity contribution in [2.45, 2.75) is 25.2 Å². The normalized spacial score (nSPS) is 14.4. The second-order valence-corrected chi connectivity index (χ2v) is 6.74. The molecule has 2 heterocycles. The summed E-state index contributed by atoms with van der Waals surface area (Å²) >= 11 is 0. The summed E-state index contributed by atoms with van der Waals surface area (Å²) in [6.07, 6.45) is 0.245. The van der Waals surface area contributed by atoms with Gasteiger partial charge in [-0.3, -0.25) is 9.52 Å². The first-order valence-electron chi connectivity index (χ1n) is 6.89. The Labute approximate surface area is 132 Å². The molecule has 0 aliphatic carbocycles. The molecule has 9 heteroatoms. The first-order chi connectivity index (χ1) is 10.9. The lowest BCUT2D eigenvalue weighted by Gasteiger charge is -2.11. The van der Waals surface area contributed by atoms with E-state index >= 15 is 0 Å². The Hall–Kier alpha value is -2.55. The van der Waals surface area contributed by atoms with E-state index in [1.807, 2.05) is 0 Å². The van der Waals surface area contributed by atoms with Gasteiger partial charge in [0.2, 0.25) is 5.91 Å². The second-order valence-electron chi connectivity index (χ2n) is 5.12. The predicted molar refractivity (Wildman–Crippen MR) is 82.0 cm³/mol. The number of hydrogen-bond donors (Lipinski definition) is 2. The number of aromatic nitrogens is 1. The van der Waals surface area contributed by atoms with Crippen LogP contribution in [-0.4, -0.2) is 26.1 Å². The average molecular weight is 337 g/mol. The topological polar surface area (TPSA) is 111 Å². The molecule has 1 aliphatic heterocycles. The molecular weight excluding hydrogens is 322 g/mol. The molecule has 1 aliphatic rings. The van der Waals surface area contributed by atoms with Crippen LogP contribution in [0.2, 0.25) is 0 Å². The number of nitrogens with one attached hydrogen (secondary N) is 2. The highest BCUT2D eigenvalue weighted by Gasteiger charge is 2.25. The third-order valence-electron chi connectivity index (χ3n) is 3.33. The Balaban J connectivity index is 1.93. The number of carbonyl (C=O) groups is 1. The van der Waals surface area contributed by atoms with Crippen molar-refractivity contribution in [1.29, 1.82) is 0 Å². The van der Waals surface area contributed by atoms with Gasteiger partial charge in [0.25, 0.3) is 10.0 Å². The van der Waals surface area contributed by atoms with Gasteiger partial charge < -0.3 is 14.6 Å². The summed E-state index contributed by atoms with van der Waals surface area (Å²) in [6.45, 7) is 3.36. The molecule has 2 N–H and O–H groups in total. The van der Waals surface area contributed by atoms with Crippen molar-refractivity contribution in [2.75, 3.05) is 16.6 Å². The van der Waals surface area contributed by atoms with Crippen LogP contribution in [0.15, 0.2) is 27.6 Å². The number of ether oxygens (including phenoxy) is 1. The Morgan fingerprint density at radius 1 is 1.30 bits per heavy atom. The summed E-state index contributed by atoms with van der Waals surface area (Å²) in [6, 6.07) is 4.67. The zero-order chi connectivity index (χ0) is 16.6. The van der Waals surface area contributed by atoms with Crippen molar-refractivity contribution in [3.63, 3.8) is 0 Å². The molecule has 0 spiro atoms. The molecule has 0 radical (unpaired) electrons. The number of nitrogens with zero attached hydrogens (tertiary/aromatic N) is 1. The number of fused-ring (bicyclic) bond motifs is 1. The molecule has 3 rings (SSSR count). The van der Waals surface area contributed by atoms with Crippen molar-refractivity contribution < 1.29 is 22.5 Å². The number of sulfonamides is 1. The van der Waals surface area contributed by atoms with Gasteiger partial charge in [-0.15, -0.1) is 0 Å². The minimum atomic E-state index is -3.84. The lowest BCUT2D eigenvalue weighted by atomic mass is 10.2. The van der Waals surface area contributed by atoms with Crippen molar-refractivity contribution >= 4 is 27.3 Å². The summed E-state index contributed by atoms with van der Waals surface area (Å²) in [4.78, 5) is 11.6. The minimum absolute atomic E-state index is 0.00716. The fourth-order valence-corrected chi connectivity index (χ4v) is 3.73. The van der Waals surface area contributed by atoms with E-state index in [-0.39, 0.29) is 35.3 Å². The number of carbonyl (C=O) groups excluding carboxylic acids is 1. The highest BCUT2D eigenvalue weighted by atomic mass is 32.2. The lowest BCUT2D eigenvalue weighted by Crippen LogP contribution is -2.15. The van der Waals surface area contributed by atoms with Gasteiger partial charge in [-0.1, -0.05) is 5.16 Å². The van der Waals surface area contributed by atoms with E-state index in [4.69, 9.17) is 9.26 Å². The molecule has 0 saturated carbocycles. The number of anilines is 2. The van der Waals surface area contributed by atoms with Crippen LogP contribution in [0, 0.1) is 13.8 Å². The van der Waals surface area contributed by atoms with Crippen molar-refractivity contribution in [3.05, 3.63) is 29.7 Å². The molecule has 0 atom stereocenters. The van der Waals surface area contributed by atoms with Crippen LogP contribution in [0.1, 0.15) is 17.9 Å². The molecule has 1 aromatic heterocycles. The van der Waals surface area contributed by atoms with E-state index in [0.29, 0.717) is 17.1 Å². The van der Waals surface area contributed by atoms with E-state index in [1.54, 1.807) is 19.1 Å². The summed E-state index contributed by atoms with van der Waals surface area (Å²) in [7, 11) is -3.84. The smallest absolute Gasteiger partial charge is 0.267 e. The van der Waals surface area contributed by atoms with Gasteiger partial charge in [-0.25, -0.2) is 8.42 Å². The van der Waals surface area contributed by atoms with E-state index in [9.17, 15) is 13.2 Å². The molecule has 0 bridgehead atoms. The van der Waals surface area contributed by atoms with E-state index in [1.165, 1.54) is 13.0 Å². The number of hydrogen-bond acceptors (Lipinski definition) is 6. The van der Waals surface area contributed by atoms with E-state index < -0.39 is 10.0 Å². The number of amides is 1. The average Bonchev–Trinajstić information content (AvgIpc) is 2.69. The van der Waals surface area contributed by atoms with E-state index in [2.05, 4.69) is 15.2 Å². The summed E-state index contributed by atoms with van der Waals surface area (Å²) < 4.78 is 37.7. The number of benzene rings is 1.